The molecule has 0 saturated carbocycles. The number of carbonyl (C=O) groups is 1. The molecule has 0 aliphatic heterocycles. The van der Waals surface area contributed by atoms with Crippen LogP contribution >= 0.6 is 0 Å². The number of fused-ring (bicyclic) bond motifs is 1. The van der Waals surface area contributed by atoms with Crippen LogP contribution in [0.5, 0.6) is 5.75 Å². The fourth-order valence-electron chi connectivity index (χ4n) is 3.48. The molecule has 11 heteroatoms. The van der Waals surface area contributed by atoms with Gasteiger partial charge in [-0.3, -0.25) is 4.79 Å². The molecule has 1 amide bonds. The van der Waals surface area contributed by atoms with Crippen LogP contribution < -0.4 is 21.1 Å². The topological polar surface area (TPSA) is 126 Å². The van der Waals surface area contributed by atoms with Crippen molar-refractivity contribution in [2.45, 2.75) is 0 Å². The van der Waals surface area contributed by atoms with Gasteiger partial charge in [-0.05, 0) is 56.6 Å². The molecule has 2 aromatic heterocycles. The Morgan fingerprint density at radius 3 is 2.70 bits per heavy atom. The van der Waals surface area contributed by atoms with Crippen LogP contribution in [0.2, 0.25) is 0 Å². The van der Waals surface area contributed by atoms with Gasteiger partial charge in [0, 0.05) is 31.1 Å². The molecule has 0 aliphatic carbocycles. The average Bonchev–Trinajstić information content (AvgIpc) is 3.20. The number of nitrogens with zero attached hydrogens (tertiary/aromatic N) is 4. The highest BCUT2D eigenvalue weighted by atomic mass is 16.5. The molecule has 0 aliphatic rings. The van der Waals surface area contributed by atoms with Gasteiger partial charge in [0.15, 0.2) is 5.65 Å². The highest BCUT2D eigenvalue weighted by molar-refractivity contribution is 5.99. The number of methoxy groups -OCH3 is 1. The summed E-state index contributed by atoms with van der Waals surface area (Å²) in [5.41, 5.74) is 2.38. The third-order valence-electron chi connectivity index (χ3n) is 5.20. The Balaban J connectivity index is 1.54. The first kappa shape index (κ1) is 25.6. The lowest BCUT2D eigenvalue weighted by Crippen LogP contribution is -2.16. The number of rotatable bonds is 11. The van der Waals surface area contributed by atoms with Crippen LogP contribution in [0.3, 0.4) is 0 Å². The molecule has 2 aromatic carbocycles. The number of ether oxygens (including phenoxy) is 2. The number of imidazole rings is 1. The minimum Gasteiger partial charge on any atom is -0.491 e. The van der Waals surface area contributed by atoms with Gasteiger partial charge in [-0.25, -0.2) is 14.3 Å². The Kier molecular flexibility index (Phi) is 8.29. The van der Waals surface area contributed by atoms with Crippen molar-refractivity contribution in [2.75, 3.05) is 51.6 Å². The molecule has 0 atom stereocenters. The van der Waals surface area contributed by atoms with Gasteiger partial charge in [0.1, 0.15) is 17.9 Å². The van der Waals surface area contributed by atoms with E-state index in [1.165, 1.54) is 10.6 Å². The predicted octanol–water partition coefficient (Wildman–Crippen LogP) is 2.93. The number of aromatic amines is 1. The molecule has 4 aromatic rings. The van der Waals surface area contributed by atoms with E-state index in [0.29, 0.717) is 48.2 Å². The van der Waals surface area contributed by atoms with Crippen LogP contribution in [0.15, 0.2) is 71.7 Å². The van der Waals surface area contributed by atoms with Crippen molar-refractivity contribution < 1.29 is 14.3 Å². The molecular formula is C26H29N7O4. The van der Waals surface area contributed by atoms with Crippen LogP contribution in [0.25, 0.3) is 16.9 Å². The summed E-state index contributed by atoms with van der Waals surface area (Å²) in [6.45, 7) is 1.63. The van der Waals surface area contributed by atoms with Crippen LogP contribution in [0.4, 0.5) is 17.3 Å². The van der Waals surface area contributed by atoms with Crippen LogP contribution in [0, 0.1) is 0 Å². The molecule has 0 bridgehead atoms. The molecule has 192 valence electrons. The SMILES string of the molecule is COCCOc1ccc(Nc2ncc3[nH]c(=O)n(-c4cccc(NC(=O)C=CCN(C)C)c4)c3n2)cc1. The van der Waals surface area contributed by atoms with Crippen molar-refractivity contribution in [3.63, 3.8) is 0 Å². The van der Waals surface area contributed by atoms with E-state index in [0.717, 1.165) is 11.4 Å². The van der Waals surface area contributed by atoms with Crippen molar-refractivity contribution in [2.24, 2.45) is 0 Å². The van der Waals surface area contributed by atoms with Crippen molar-refractivity contribution in [1.29, 1.82) is 0 Å². The van der Waals surface area contributed by atoms with E-state index in [1.54, 1.807) is 43.6 Å². The van der Waals surface area contributed by atoms with Crippen LogP contribution in [0.1, 0.15) is 0 Å². The molecule has 2 heterocycles. The van der Waals surface area contributed by atoms with E-state index >= 15 is 0 Å². The second kappa shape index (κ2) is 12.0. The van der Waals surface area contributed by atoms with E-state index in [-0.39, 0.29) is 11.6 Å². The number of anilines is 3. The highest BCUT2D eigenvalue weighted by Crippen LogP contribution is 2.21. The van der Waals surface area contributed by atoms with E-state index in [1.807, 2.05) is 43.3 Å². The summed E-state index contributed by atoms with van der Waals surface area (Å²) >= 11 is 0. The Labute approximate surface area is 213 Å². The van der Waals surface area contributed by atoms with E-state index in [4.69, 9.17) is 9.47 Å². The Morgan fingerprint density at radius 2 is 1.95 bits per heavy atom. The largest absolute Gasteiger partial charge is 0.491 e. The third kappa shape index (κ3) is 6.81. The normalized spacial score (nSPS) is 11.4. The average molecular weight is 504 g/mol. The zero-order valence-corrected chi connectivity index (χ0v) is 20.9. The van der Waals surface area contributed by atoms with Crippen LogP contribution in [-0.4, -0.2) is 71.3 Å². The zero-order valence-electron chi connectivity index (χ0n) is 20.9. The number of likely N-dealkylation sites (N-methyl/N-ethyl adjacent to an activating group) is 1. The van der Waals surface area contributed by atoms with Gasteiger partial charge >= 0.3 is 5.69 Å². The van der Waals surface area contributed by atoms with Crippen molar-refractivity contribution in [3.8, 4) is 11.4 Å². The standard InChI is InChI=1S/C26H29N7O4/c1-32(2)13-5-8-23(34)28-19-6-4-7-20(16-19)33-24-22(30-26(33)35)17-27-25(31-24)29-18-9-11-21(12-10-18)37-15-14-36-3/h4-12,16-17H,13-15H2,1-3H3,(H,28,34)(H,30,35)(H,27,29,31). The van der Waals surface area contributed by atoms with E-state index in [2.05, 4.69) is 25.6 Å². The van der Waals surface area contributed by atoms with E-state index < -0.39 is 0 Å². The maximum atomic E-state index is 12.8. The molecule has 0 radical (unpaired) electrons. The lowest BCUT2D eigenvalue weighted by atomic mass is 10.2. The molecular weight excluding hydrogens is 474 g/mol. The molecule has 0 spiro atoms. The minimum atomic E-state index is -0.367. The minimum absolute atomic E-state index is 0.255. The van der Waals surface area contributed by atoms with Gasteiger partial charge in [-0.1, -0.05) is 12.1 Å². The predicted molar refractivity (Wildman–Crippen MR) is 143 cm³/mol. The third-order valence-corrected chi connectivity index (χ3v) is 5.20. The van der Waals surface area contributed by atoms with Gasteiger partial charge in [0.05, 0.1) is 18.5 Å². The van der Waals surface area contributed by atoms with Gasteiger partial charge in [0.2, 0.25) is 11.9 Å². The molecule has 37 heavy (non-hydrogen) atoms. The number of nitrogens with one attached hydrogen (secondary N) is 3. The summed E-state index contributed by atoms with van der Waals surface area (Å²) < 4.78 is 12.0. The number of aromatic nitrogens is 4. The summed E-state index contributed by atoms with van der Waals surface area (Å²) in [5.74, 6) is 0.789. The van der Waals surface area contributed by atoms with Gasteiger partial charge < -0.3 is 30.0 Å². The monoisotopic (exact) mass is 503 g/mol. The first-order valence-electron chi connectivity index (χ1n) is 11.6. The number of H-pyrrole nitrogens is 1. The maximum absolute atomic E-state index is 12.8. The summed E-state index contributed by atoms with van der Waals surface area (Å²) in [4.78, 5) is 38.6. The lowest BCUT2D eigenvalue weighted by molar-refractivity contribution is -0.111. The van der Waals surface area contributed by atoms with Crippen molar-refractivity contribution in [3.05, 3.63) is 77.4 Å². The number of hydrogen-bond donors (Lipinski definition) is 3. The molecule has 3 N–H and O–H groups in total. The highest BCUT2D eigenvalue weighted by Gasteiger charge is 2.13. The summed E-state index contributed by atoms with van der Waals surface area (Å²) in [5, 5.41) is 5.96. The number of carbonyl (C=O) groups excluding carboxylic acids is 1. The molecule has 11 nitrogen and oxygen atoms in total. The molecule has 0 fully saturated rings. The fourth-order valence-corrected chi connectivity index (χ4v) is 3.48. The zero-order chi connectivity index (χ0) is 26.2. The van der Waals surface area contributed by atoms with Crippen molar-refractivity contribution in [1.82, 2.24) is 24.4 Å². The maximum Gasteiger partial charge on any atom is 0.332 e. The summed E-state index contributed by atoms with van der Waals surface area (Å²) in [6, 6.07) is 14.4. The second-order valence-electron chi connectivity index (χ2n) is 8.39. The molecule has 0 unspecified atom stereocenters. The van der Waals surface area contributed by atoms with Crippen LogP contribution in [-0.2, 0) is 9.53 Å². The number of amides is 1. The van der Waals surface area contributed by atoms with E-state index in [9.17, 15) is 9.59 Å². The molecule has 0 saturated heterocycles. The quantitative estimate of drug-likeness (QED) is 0.211. The first-order valence-corrected chi connectivity index (χ1v) is 11.6. The number of benzene rings is 2. The Morgan fingerprint density at radius 1 is 1.14 bits per heavy atom. The summed E-state index contributed by atoms with van der Waals surface area (Å²) in [6.07, 6.45) is 4.80. The van der Waals surface area contributed by atoms with Gasteiger partial charge in [-0.15, -0.1) is 0 Å². The smallest absolute Gasteiger partial charge is 0.332 e. The Hall–Kier alpha value is -4.48. The summed E-state index contributed by atoms with van der Waals surface area (Å²) in [7, 11) is 5.47. The molecule has 4 rings (SSSR count). The van der Waals surface area contributed by atoms with Gasteiger partial charge in [0.25, 0.3) is 0 Å². The Bertz CT molecular complexity index is 1440. The second-order valence-corrected chi connectivity index (χ2v) is 8.39. The fraction of sp³-hybridized carbons (Fsp3) is 0.231. The van der Waals surface area contributed by atoms with Crippen molar-refractivity contribution >= 4 is 34.4 Å². The first-order chi connectivity index (χ1) is 17.9. The lowest BCUT2D eigenvalue weighted by Gasteiger charge is -2.09. The van der Waals surface area contributed by atoms with Gasteiger partial charge in [-0.2, -0.15) is 4.98 Å². The number of hydrogen-bond acceptors (Lipinski definition) is 8.